The highest BCUT2D eigenvalue weighted by Gasteiger charge is 2.31. The van der Waals surface area contributed by atoms with Gasteiger partial charge in [0, 0.05) is 6.54 Å². The molecule has 0 aliphatic carbocycles. The Balaban J connectivity index is 2.20. The normalized spacial score (nSPS) is 25.7. The lowest BCUT2D eigenvalue weighted by atomic mass is 9.87. The van der Waals surface area contributed by atoms with Crippen molar-refractivity contribution in [1.82, 2.24) is 4.90 Å². The lowest BCUT2D eigenvalue weighted by molar-refractivity contribution is 0.0216. The molecule has 0 radical (unpaired) electrons. The molecular weight excluding hydrogens is 226 g/mol. The number of aliphatic hydroxyl groups is 1. The van der Waals surface area contributed by atoms with Crippen LogP contribution in [0.3, 0.4) is 0 Å². The highest BCUT2D eigenvalue weighted by Crippen LogP contribution is 2.34. The fourth-order valence-corrected chi connectivity index (χ4v) is 2.58. The third-order valence-corrected chi connectivity index (χ3v) is 3.72. The zero-order valence-electron chi connectivity index (χ0n) is 11.4. The average Bonchev–Trinajstić information content (AvgIpc) is 2.54. The summed E-state index contributed by atoms with van der Waals surface area (Å²) in [5.41, 5.74) is 0.293. The summed E-state index contributed by atoms with van der Waals surface area (Å²) in [6, 6.07) is 7.90. The van der Waals surface area contributed by atoms with E-state index in [1.807, 2.05) is 31.2 Å². The summed E-state index contributed by atoms with van der Waals surface area (Å²) in [7, 11) is 2.11. The van der Waals surface area contributed by atoms with Gasteiger partial charge in [-0.1, -0.05) is 12.1 Å². The number of hydrogen-bond acceptors (Lipinski definition) is 3. The second-order valence-corrected chi connectivity index (χ2v) is 5.15. The molecule has 18 heavy (non-hydrogen) atoms. The van der Waals surface area contributed by atoms with Crippen molar-refractivity contribution in [1.29, 1.82) is 0 Å². The monoisotopic (exact) mass is 249 g/mol. The Morgan fingerprint density at radius 3 is 2.94 bits per heavy atom. The Morgan fingerprint density at radius 1 is 1.33 bits per heavy atom. The van der Waals surface area contributed by atoms with Gasteiger partial charge in [0.25, 0.3) is 0 Å². The van der Waals surface area contributed by atoms with Crippen LogP contribution >= 0.6 is 0 Å². The van der Waals surface area contributed by atoms with Crippen molar-refractivity contribution < 1.29 is 9.84 Å². The van der Waals surface area contributed by atoms with Crippen LogP contribution in [-0.2, 0) is 5.60 Å². The SMILES string of the molecule is CCOc1cccc(C2(O)CCCN(C)CC2)c1. The van der Waals surface area contributed by atoms with Crippen LogP contribution < -0.4 is 4.74 Å². The van der Waals surface area contributed by atoms with E-state index in [9.17, 15) is 5.11 Å². The maximum absolute atomic E-state index is 10.9. The highest BCUT2D eigenvalue weighted by atomic mass is 16.5. The van der Waals surface area contributed by atoms with E-state index in [0.717, 1.165) is 43.7 Å². The molecule has 1 aliphatic rings. The third-order valence-electron chi connectivity index (χ3n) is 3.72. The van der Waals surface area contributed by atoms with E-state index in [2.05, 4.69) is 11.9 Å². The van der Waals surface area contributed by atoms with Gasteiger partial charge in [-0.25, -0.2) is 0 Å². The summed E-state index contributed by atoms with van der Waals surface area (Å²) in [5.74, 6) is 0.848. The number of nitrogens with zero attached hydrogens (tertiary/aromatic N) is 1. The van der Waals surface area contributed by atoms with Crippen LogP contribution in [0.4, 0.5) is 0 Å². The van der Waals surface area contributed by atoms with Gasteiger partial charge < -0.3 is 14.7 Å². The van der Waals surface area contributed by atoms with Crippen LogP contribution in [0, 0.1) is 0 Å². The molecule has 2 rings (SSSR count). The minimum absolute atomic E-state index is 0.657. The predicted molar refractivity (Wildman–Crippen MR) is 72.9 cm³/mol. The molecule has 0 saturated carbocycles. The number of benzene rings is 1. The van der Waals surface area contributed by atoms with E-state index in [1.165, 1.54) is 0 Å². The maximum atomic E-state index is 10.9. The standard InChI is InChI=1S/C15H23NO2/c1-3-18-14-7-4-6-13(12-14)15(17)8-5-10-16(2)11-9-15/h4,6-7,12,17H,3,5,8-11H2,1-2H3. The van der Waals surface area contributed by atoms with Crippen molar-refractivity contribution in [2.75, 3.05) is 26.7 Å². The molecule has 1 aromatic carbocycles. The molecule has 1 aliphatic heterocycles. The van der Waals surface area contributed by atoms with Gasteiger partial charge in [0.15, 0.2) is 0 Å². The molecule has 1 atom stereocenters. The average molecular weight is 249 g/mol. The molecule has 1 fully saturated rings. The fraction of sp³-hybridized carbons (Fsp3) is 0.600. The van der Waals surface area contributed by atoms with Crippen molar-refractivity contribution in [2.24, 2.45) is 0 Å². The molecule has 0 amide bonds. The van der Waals surface area contributed by atoms with Crippen molar-refractivity contribution in [3.05, 3.63) is 29.8 Å². The van der Waals surface area contributed by atoms with Gasteiger partial charge in [0.1, 0.15) is 5.75 Å². The molecule has 100 valence electrons. The largest absolute Gasteiger partial charge is 0.494 e. The van der Waals surface area contributed by atoms with Crippen LogP contribution in [0.15, 0.2) is 24.3 Å². The Bertz CT molecular complexity index is 394. The van der Waals surface area contributed by atoms with E-state index >= 15 is 0 Å². The maximum Gasteiger partial charge on any atom is 0.119 e. The number of ether oxygens (including phenoxy) is 1. The Labute approximate surface area is 109 Å². The topological polar surface area (TPSA) is 32.7 Å². The summed E-state index contributed by atoms with van der Waals surface area (Å²) in [6.07, 6.45) is 2.65. The molecule has 3 heteroatoms. The lowest BCUT2D eigenvalue weighted by Gasteiger charge is -2.27. The van der Waals surface area contributed by atoms with E-state index in [1.54, 1.807) is 0 Å². The molecule has 0 bridgehead atoms. The molecule has 1 N–H and O–H groups in total. The number of hydrogen-bond donors (Lipinski definition) is 1. The second-order valence-electron chi connectivity index (χ2n) is 5.15. The second kappa shape index (κ2) is 5.72. The van der Waals surface area contributed by atoms with E-state index in [-0.39, 0.29) is 0 Å². The molecule has 0 spiro atoms. The first kappa shape index (κ1) is 13.4. The summed E-state index contributed by atoms with van der Waals surface area (Å²) in [4.78, 5) is 2.28. The minimum Gasteiger partial charge on any atom is -0.494 e. The lowest BCUT2D eigenvalue weighted by Crippen LogP contribution is -2.27. The van der Waals surface area contributed by atoms with Crippen LogP contribution in [-0.4, -0.2) is 36.8 Å². The van der Waals surface area contributed by atoms with Gasteiger partial charge in [-0.3, -0.25) is 0 Å². The van der Waals surface area contributed by atoms with Gasteiger partial charge in [-0.2, -0.15) is 0 Å². The first-order valence-electron chi connectivity index (χ1n) is 6.78. The van der Waals surface area contributed by atoms with Gasteiger partial charge in [0.05, 0.1) is 12.2 Å². The first-order chi connectivity index (χ1) is 8.64. The Kier molecular flexibility index (Phi) is 4.25. The molecule has 1 unspecified atom stereocenters. The third kappa shape index (κ3) is 3.03. The zero-order valence-corrected chi connectivity index (χ0v) is 11.4. The van der Waals surface area contributed by atoms with Crippen LogP contribution in [0.25, 0.3) is 0 Å². The number of rotatable bonds is 3. The van der Waals surface area contributed by atoms with Crippen LogP contribution in [0.1, 0.15) is 31.7 Å². The summed E-state index contributed by atoms with van der Waals surface area (Å²) in [5, 5.41) is 10.9. The predicted octanol–water partition coefficient (Wildman–Crippen LogP) is 2.39. The summed E-state index contributed by atoms with van der Waals surface area (Å²) >= 11 is 0. The van der Waals surface area contributed by atoms with E-state index < -0.39 is 5.60 Å². The smallest absolute Gasteiger partial charge is 0.119 e. The Hall–Kier alpha value is -1.06. The quantitative estimate of drug-likeness (QED) is 0.893. The molecule has 0 aromatic heterocycles. The van der Waals surface area contributed by atoms with Crippen molar-refractivity contribution in [3.8, 4) is 5.75 Å². The van der Waals surface area contributed by atoms with Crippen molar-refractivity contribution in [2.45, 2.75) is 31.8 Å². The zero-order chi connectivity index (χ0) is 13.0. The van der Waals surface area contributed by atoms with Gasteiger partial charge in [-0.05, 0) is 57.5 Å². The van der Waals surface area contributed by atoms with Crippen LogP contribution in [0.2, 0.25) is 0 Å². The molecule has 1 aromatic rings. The summed E-state index contributed by atoms with van der Waals surface area (Å²) in [6.45, 7) is 4.63. The number of likely N-dealkylation sites (tertiary alicyclic amines) is 1. The molecular formula is C15H23NO2. The van der Waals surface area contributed by atoms with Crippen molar-refractivity contribution in [3.63, 3.8) is 0 Å². The van der Waals surface area contributed by atoms with E-state index in [0.29, 0.717) is 6.61 Å². The molecule has 3 nitrogen and oxygen atoms in total. The highest BCUT2D eigenvalue weighted by molar-refractivity contribution is 5.32. The van der Waals surface area contributed by atoms with Gasteiger partial charge in [-0.15, -0.1) is 0 Å². The fourth-order valence-electron chi connectivity index (χ4n) is 2.58. The van der Waals surface area contributed by atoms with Crippen molar-refractivity contribution >= 4 is 0 Å². The van der Waals surface area contributed by atoms with Gasteiger partial charge in [0.2, 0.25) is 0 Å². The minimum atomic E-state index is -0.697. The van der Waals surface area contributed by atoms with Gasteiger partial charge >= 0.3 is 0 Å². The van der Waals surface area contributed by atoms with Crippen LogP contribution in [0.5, 0.6) is 5.75 Å². The Morgan fingerprint density at radius 2 is 2.17 bits per heavy atom. The molecule has 1 saturated heterocycles. The first-order valence-corrected chi connectivity index (χ1v) is 6.78. The molecule has 1 heterocycles. The summed E-state index contributed by atoms with van der Waals surface area (Å²) < 4.78 is 5.51. The van der Waals surface area contributed by atoms with E-state index in [4.69, 9.17) is 4.74 Å².